The molecule has 0 aliphatic rings. The van der Waals surface area contributed by atoms with Gasteiger partial charge in [0.15, 0.2) is 11.4 Å². The van der Waals surface area contributed by atoms with Gasteiger partial charge in [0, 0.05) is 28.7 Å². The van der Waals surface area contributed by atoms with Gasteiger partial charge in [-0.05, 0) is 42.0 Å². The summed E-state index contributed by atoms with van der Waals surface area (Å²) in [5, 5.41) is 0.698. The second kappa shape index (κ2) is 6.49. The van der Waals surface area contributed by atoms with Crippen LogP contribution in [-0.4, -0.2) is 9.38 Å². The van der Waals surface area contributed by atoms with E-state index in [1.54, 1.807) is 0 Å². The zero-order valence-electron chi connectivity index (χ0n) is 13.4. The number of imidazole rings is 1. The number of nitrogens with zero attached hydrogens (tertiary/aromatic N) is 2. The average Bonchev–Trinajstić information content (AvgIpc) is 3.05. The van der Waals surface area contributed by atoms with Crippen LogP contribution >= 0.6 is 11.6 Å². The van der Waals surface area contributed by atoms with Gasteiger partial charge in [0.1, 0.15) is 6.61 Å². The van der Waals surface area contributed by atoms with Crippen molar-refractivity contribution in [3.05, 3.63) is 83.6 Å². The first-order chi connectivity index (χ1) is 12.2. The summed E-state index contributed by atoms with van der Waals surface area (Å²) in [7, 11) is 0. The van der Waals surface area contributed by atoms with Gasteiger partial charge in [0.2, 0.25) is 0 Å². The minimum absolute atomic E-state index is 0.431. The Kier molecular flexibility index (Phi) is 4.04. The molecule has 2 aromatic carbocycles. The highest BCUT2D eigenvalue weighted by molar-refractivity contribution is 6.30. The van der Waals surface area contributed by atoms with Crippen molar-refractivity contribution in [1.29, 1.82) is 0 Å². The maximum atomic E-state index is 6.02. The van der Waals surface area contributed by atoms with Crippen LogP contribution in [0.5, 0.6) is 5.75 Å². The molecule has 4 rings (SSSR count). The predicted molar refractivity (Wildman–Crippen MR) is 101 cm³/mol. The molecule has 0 aliphatic heterocycles. The normalized spacial score (nSPS) is 10.9. The van der Waals surface area contributed by atoms with Crippen LogP contribution in [0.2, 0.25) is 5.02 Å². The van der Waals surface area contributed by atoms with Gasteiger partial charge < -0.3 is 14.9 Å². The number of aromatic nitrogens is 2. The van der Waals surface area contributed by atoms with Crippen LogP contribution in [0.4, 0.5) is 5.69 Å². The Morgan fingerprint density at radius 2 is 1.92 bits per heavy atom. The molecule has 2 heterocycles. The van der Waals surface area contributed by atoms with E-state index < -0.39 is 0 Å². The standard InChI is InChI=1S/C20H16ClN3O/c21-16-6-1-4-14(10-16)13-25-19-8-3-9-24-12-18(23-20(19)24)15-5-2-7-17(22)11-15/h1-12H,13,22H2. The molecule has 0 spiro atoms. The largest absolute Gasteiger partial charge is 0.485 e. The zero-order chi connectivity index (χ0) is 17.2. The van der Waals surface area contributed by atoms with E-state index in [4.69, 9.17) is 27.1 Å². The Labute approximate surface area is 150 Å². The molecule has 0 aliphatic carbocycles. The Balaban J connectivity index is 1.66. The first kappa shape index (κ1) is 15.5. The predicted octanol–water partition coefficient (Wildman–Crippen LogP) is 4.82. The fourth-order valence-corrected chi connectivity index (χ4v) is 2.94. The second-order valence-corrected chi connectivity index (χ2v) is 6.21. The number of ether oxygens (including phenoxy) is 1. The number of halogens is 1. The lowest BCUT2D eigenvalue weighted by molar-refractivity contribution is 0.308. The highest BCUT2D eigenvalue weighted by Gasteiger charge is 2.09. The van der Waals surface area contributed by atoms with Crippen molar-refractivity contribution < 1.29 is 4.74 Å². The van der Waals surface area contributed by atoms with Gasteiger partial charge in [-0.25, -0.2) is 4.98 Å². The second-order valence-electron chi connectivity index (χ2n) is 5.77. The van der Waals surface area contributed by atoms with Gasteiger partial charge >= 0.3 is 0 Å². The van der Waals surface area contributed by atoms with Gasteiger partial charge in [-0.15, -0.1) is 0 Å². The van der Waals surface area contributed by atoms with Crippen molar-refractivity contribution in [2.24, 2.45) is 0 Å². The fourth-order valence-electron chi connectivity index (χ4n) is 2.72. The molecule has 25 heavy (non-hydrogen) atoms. The molecule has 0 saturated heterocycles. The van der Waals surface area contributed by atoms with Crippen LogP contribution in [0, 0.1) is 0 Å². The number of benzene rings is 2. The Bertz CT molecular complexity index is 1040. The molecular weight excluding hydrogens is 334 g/mol. The van der Waals surface area contributed by atoms with Crippen LogP contribution < -0.4 is 10.5 Å². The lowest BCUT2D eigenvalue weighted by Gasteiger charge is -2.07. The van der Waals surface area contributed by atoms with Crippen molar-refractivity contribution in [3.63, 3.8) is 0 Å². The molecule has 0 fully saturated rings. The van der Waals surface area contributed by atoms with Crippen LogP contribution in [-0.2, 0) is 6.61 Å². The SMILES string of the molecule is Nc1cccc(-c2cn3cccc(OCc4cccc(Cl)c4)c3n2)c1. The molecule has 0 saturated carbocycles. The number of rotatable bonds is 4. The first-order valence-electron chi connectivity index (χ1n) is 7.90. The smallest absolute Gasteiger partial charge is 0.180 e. The molecule has 5 heteroatoms. The van der Waals surface area contributed by atoms with E-state index in [0.717, 1.165) is 28.2 Å². The summed E-state index contributed by atoms with van der Waals surface area (Å²) in [6, 6.07) is 19.2. The van der Waals surface area contributed by atoms with E-state index in [1.165, 1.54) is 0 Å². The van der Waals surface area contributed by atoms with E-state index in [-0.39, 0.29) is 0 Å². The number of pyridine rings is 1. The van der Waals surface area contributed by atoms with Crippen LogP contribution in [0.3, 0.4) is 0 Å². The topological polar surface area (TPSA) is 52.5 Å². The highest BCUT2D eigenvalue weighted by atomic mass is 35.5. The van der Waals surface area contributed by atoms with Crippen molar-refractivity contribution in [1.82, 2.24) is 9.38 Å². The number of nitrogen functional groups attached to an aromatic ring is 1. The third-order valence-corrected chi connectivity index (χ3v) is 4.15. The molecule has 0 amide bonds. The number of anilines is 1. The molecule has 0 unspecified atom stereocenters. The summed E-state index contributed by atoms with van der Waals surface area (Å²) >= 11 is 6.02. The Hall–Kier alpha value is -2.98. The van der Waals surface area contributed by atoms with E-state index in [2.05, 4.69) is 0 Å². The third kappa shape index (κ3) is 3.30. The molecule has 124 valence electrons. The summed E-state index contributed by atoms with van der Waals surface area (Å²) in [5.74, 6) is 0.720. The molecule has 4 nitrogen and oxygen atoms in total. The van der Waals surface area contributed by atoms with E-state index in [0.29, 0.717) is 17.3 Å². The van der Waals surface area contributed by atoms with Gasteiger partial charge in [-0.2, -0.15) is 0 Å². The van der Waals surface area contributed by atoms with Crippen molar-refractivity contribution >= 4 is 22.9 Å². The maximum absolute atomic E-state index is 6.02. The summed E-state index contributed by atoms with van der Waals surface area (Å²) in [5.41, 5.74) is 10.2. The van der Waals surface area contributed by atoms with E-state index >= 15 is 0 Å². The summed E-state index contributed by atoms with van der Waals surface area (Å²) in [6.07, 6.45) is 3.92. The zero-order valence-corrected chi connectivity index (χ0v) is 14.1. The third-order valence-electron chi connectivity index (χ3n) is 3.91. The average molecular weight is 350 g/mol. The minimum Gasteiger partial charge on any atom is -0.485 e. The van der Waals surface area contributed by atoms with Gasteiger partial charge in [-0.3, -0.25) is 0 Å². The fraction of sp³-hybridized carbons (Fsp3) is 0.0500. The number of hydrogen-bond acceptors (Lipinski definition) is 3. The highest BCUT2D eigenvalue weighted by Crippen LogP contribution is 2.26. The molecule has 0 atom stereocenters. The number of nitrogens with two attached hydrogens (primary N) is 1. The molecule has 2 aromatic heterocycles. The van der Waals surface area contributed by atoms with E-state index in [9.17, 15) is 0 Å². The van der Waals surface area contributed by atoms with Gasteiger partial charge in [0.25, 0.3) is 0 Å². The molecule has 2 N–H and O–H groups in total. The Morgan fingerprint density at radius 3 is 2.76 bits per heavy atom. The van der Waals surface area contributed by atoms with Crippen molar-refractivity contribution in [2.75, 3.05) is 5.73 Å². The molecular formula is C20H16ClN3O. The summed E-state index contributed by atoms with van der Waals surface area (Å²) < 4.78 is 7.92. The Morgan fingerprint density at radius 1 is 1.04 bits per heavy atom. The molecule has 0 bridgehead atoms. The van der Waals surface area contributed by atoms with Crippen molar-refractivity contribution in [2.45, 2.75) is 6.61 Å². The lowest BCUT2D eigenvalue weighted by atomic mass is 10.1. The number of hydrogen-bond donors (Lipinski definition) is 1. The summed E-state index contributed by atoms with van der Waals surface area (Å²) in [4.78, 5) is 4.71. The minimum atomic E-state index is 0.431. The van der Waals surface area contributed by atoms with E-state index in [1.807, 2.05) is 77.5 Å². The number of fused-ring (bicyclic) bond motifs is 1. The quantitative estimate of drug-likeness (QED) is 0.537. The molecule has 4 aromatic rings. The van der Waals surface area contributed by atoms with Gasteiger partial charge in [-0.1, -0.05) is 35.9 Å². The van der Waals surface area contributed by atoms with Crippen LogP contribution in [0.15, 0.2) is 73.1 Å². The molecule has 0 radical (unpaired) electrons. The van der Waals surface area contributed by atoms with Crippen LogP contribution in [0.1, 0.15) is 5.56 Å². The van der Waals surface area contributed by atoms with Crippen LogP contribution in [0.25, 0.3) is 16.9 Å². The maximum Gasteiger partial charge on any atom is 0.180 e. The lowest BCUT2D eigenvalue weighted by Crippen LogP contribution is -1.97. The first-order valence-corrected chi connectivity index (χ1v) is 8.28. The van der Waals surface area contributed by atoms with Gasteiger partial charge in [0.05, 0.1) is 5.69 Å². The van der Waals surface area contributed by atoms with Crippen molar-refractivity contribution in [3.8, 4) is 17.0 Å². The monoisotopic (exact) mass is 349 g/mol. The summed E-state index contributed by atoms with van der Waals surface area (Å²) in [6.45, 7) is 0.431.